The Bertz CT molecular complexity index is 611. The van der Waals surface area contributed by atoms with Crippen molar-refractivity contribution in [1.82, 2.24) is 0 Å². The van der Waals surface area contributed by atoms with Gasteiger partial charge < -0.3 is 35.6 Å². The molecule has 0 N–H and O–H groups in total. The molecule has 0 bridgehead atoms. The van der Waals surface area contributed by atoms with E-state index >= 15 is 0 Å². The number of rotatable bonds is 13. The molecule has 0 spiro atoms. The van der Waals surface area contributed by atoms with Crippen molar-refractivity contribution in [1.29, 1.82) is 0 Å². The molecule has 0 radical (unpaired) electrons. The Morgan fingerprint density at radius 1 is 0.812 bits per heavy atom. The normalized spacial score (nSPS) is 16.1. The van der Waals surface area contributed by atoms with Crippen molar-refractivity contribution in [2.75, 3.05) is 19.8 Å². The van der Waals surface area contributed by atoms with E-state index in [0.717, 1.165) is 12.1 Å². The Morgan fingerprint density at radius 2 is 1.19 bits per heavy atom. The van der Waals surface area contributed by atoms with Crippen molar-refractivity contribution in [3.8, 4) is 0 Å². The van der Waals surface area contributed by atoms with Gasteiger partial charge >= 0.3 is 29.9 Å². The molecular weight excluding hydrogens is 628 g/mol. The summed E-state index contributed by atoms with van der Waals surface area (Å²) in [7, 11) is -6.33. The van der Waals surface area contributed by atoms with Crippen molar-refractivity contribution < 1.29 is 34.3 Å². The van der Waals surface area contributed by atoms with Gasteiger partial charge in [0.15, 0.2) is 0 Å². The molecule has 32 heavy (non-hydrogen) atoms. The number of hydrogen-bond donors (Lipinski definition) is 0. The average Bonchev–Trinajstić information content (AvgIpc) is 2.95. The maximum atomic E-state index is 6.28. The molecule has 3 nitrogen and oxygen atoms in total. The van der Waals surface area contributed by atoms with E-state index in [4.69, 9.17) is 13.3 Å². The van der Waals surface area contributed by atoms with Gasteiger partial charge in [-0.2, -0.15) is 5.57 Å². The first-order valence-corrected chi connectivity index (χ1v) is 18.8. The zero-order valence-electron chi connectivity index (χ0n) is 22.7. The molecule has 0 amide bonds. The SMILES string of the molecule is C=CC[Si](C)(C)C1=[C-]C([Si](OCC)(OCC)OCC)C(C)=C1[Si](C)(C)CC=C.[CH3-].[CH3-].[CH3-].[Pt+4]. The van der Waals surface area contributed by atoms with E-state index in [1.807, 2.05) is 20.8 Å². The maximum Gasteiger partial charge on any atom is 4.00 e. The Balaban J connectivity index is -0.000000980. The summed E-state index contributed by atoms with van der Waals surface area (Å²) < 4.78 is 18.8. The van der Waals surface area contributed by atoms with Gasteiger partial charge in [0.1, 0.15) is 0 Å². The van der Waals surface area contributed by atoms with E-state index in [0.29, 0.717) is 19.8 Å². The summed E-state index contributed by atoms with van der Waals surface area (Å²) in [4.78, 5) is 0. The third-order valence-electron chi connectivity index (χ3n) is 5.42. The summed E-state index contributed by atoms with van der Waals surface area (Å²) in [6, 6.07) is 2.10. The predicted octanol–water partition coefficient (Wildman–Crippen LogP) is 7.68. The molecule has 190 valence electrons. The molecule has 1 aliphatic rings. The Kier molecular flexibility index (Phi) is 20.6. The van der Waals surface area contributed by atoms with Crippen LogP contribution in [-0.4, -0.2) is 44.8 Å². The molecule has 0 fully saturated rings. The summed E-state index contributed by atoms with van der Waals surface area (Å²) in [6.45, 7) is 27.9. The zero-order valence-corrected chi connectivity index (χ0v) is 28.0. The van der Waals surface area contributed by atoms with Crippen molar-refractivity contribution in [2.45, 2.75) is 71.5 Å². The smallest absolute Gasteiger partial charge is 0.374 e. The fraction of sp³-hybridized carbons (Fsp3) is 0.560. The van der Waals surface area contributed by atoms with Crippen LogP contribution in [0.4, 0.5) is 0 Å². The van der Waals surface area contributed by atoms with Crippen molar-refractivity contribution in [2.24, 2.45) is 0 Å². The summed E-state index contributed by atoms with van der Waals surface area (Å²) in [5.74, 6) is 0. The molecule has 0 saturated heterocycles. The fourth-order valence-electron chi connectivity index (χ4n) is 4.33. The first kappa shape index (κ1) is 39.4. The van der Waals surface area contributed by atoms with Gasteiger partial charge in [-0.1, -0.05) is 51.3 Å². The second kappa shape index (κ2) is 16.7. The molecule has 0 heterocycles. The van der Waals surface area contributed by atoms with Crippen LogP contribution in [0.1, 0.15) is 27.7 Å². The average molecular weight is 678 g/mol. The standard InChI is InChI=1S/C22H41O3Si3.3CH3.Pt/c1-11-16-26(7,8)21-18-20(19(6)22(21)27(9,10)17-12-2)28(23-13-3,24-14-4)25-15-5;;;;/h11-12,20H,1-2,13-17H2,3-10H3;3*1H3;/q4*-1;+4. The molecule has 1 aliphatic carbocycles. The molecule has 0 aromatic rings. The summed E-state index contributed by atoms with van der Waals surface area (Å²) in [6.07, 6.45) is 8.07. The second-order valence-corrected chi connectivity index (χ2v) is 20.7. The number of allylic oxidation sites excluding steroid dienone is 6. The van der Waals surface area contributed by atoms with Crippen LogP contribution in [0.2, 0.25) is 43.8 Å². The fourth-order valence-corrected chi connectivity index (χ4v) is 14.8. The summed E-state index contributed by atoms with van der Waals surface area (Å²) in [5.41, 5.74) is 1.35. The predicted molar refractivity (Wildman–Crippen MR) is 148 cm³/mol. The van der Waals surface area contributed by atoms with Gasteiger partial charge in [0.05, 0.1) is 0 Å². The van der Waals surface area contributed by atoms with Gasteiger partial charge in [-0.3, -0.25) is 6.08 Å². The molecule has 0 aromatic carbocycles. The van der Waals surface area contributed by atoms with Gasteiger partial charge in [0.2, 0.25) is 0 Å². The second-order valence-electron chi connectivity index (χ2n) is 8.67. The zero-order chi connectivity index (χ0) is 21.6. The van der Waals surface area contributed by atoms with Gasteiger partial charge in [-0.05, 0) is 40.4 Å². The molecule has 0 aromatic heterocycles. The summed E-state index contributed by atoms with van der Waals surface area (Å²) in [5, 5.41) is 3.00. The van der Waals surface area contributed by atoms with Gasteiger partial charge in [-0.25, -0.2) is 10.4 Å². The summed E-state index contributed by atoms with van der Waals surface area (Å²) >= 11 is 0. The molecule has 7 heteroatoms. The Hall–Kier alpha value is 0.179. The first-order chi connectivity index (χ1) is 13.1. The van der Waals surface area contributed by atoms with Gasteiger partial charge in [0.25, 0.3) is 0 Å². The molecule has 1 rings (SSSR count). The van der Waals surface area contributed by atoms with E-state index in [1.54, 1.807) is 5.20 Å². The van der Waals surface area contributed by atoms with E-state index in [-0.39, 0.29) is 48.9 Å². The third kappa shape index (κ3) is 8.75. The molecule has 1 atom stereocenters. The van der Waals surface area contributed by atoms with Crippen LogP contribution < -0.4 is 0 Å². The topological polar surface area (TPSA) is 27.7 Å². The van der Waals surface area contributed by atoms with Crippen molar-refractivity contribution in [3.05, 3.63) is 69.6 Å². The van der Waals surface area contributed by atoms with Crippen LogP contribution in [0.25, 0.3) is 0 Å². The van der Waals surface area contributed by atoms with Crippen molar-refractivity contribution in [3.63, 3.8) is 0 Å². The molecule has 0 saturated carbocycles. The minimum Gasteiger partial charge on any atom is -0.374 e. The third-order valence-corrected chi connectivity index (χ3v) is 15.4. The van der Waals surface area contributed by atoms with Crippen molar-refractivity contribution >= 4 is 25.0 Å². The Labute approximate surface area is 219 Å². The monoisotopic (exact) mass is 677 g/mol. The quantitative estimate of drug-likeness (QED) is 0.114. The van der Waals surface area contributed by atoms with Crippen LogP contribution in [0.3, 0.4) is 0 Å². The van der Waals surface area contributed by atoms with Crippen LogP contribution in [0.5, 0.6) is 0 Å². The van der Waals surface area contributed by atoms with E-state index in [9.17, 15) is 0 Å². The first-order valence-electron chi connectivity index (χ1n) is 10.6. The van der Waals surface area contributed by atoms with Gasteiger partial charge in [0, 0.05) is 27.9 Å². The van der Waals surface area contributed by atoms with Crippen LogP contribution in [0.15, 0.2) is 41.3 Å². The van der Waals surface area contributed by atoms with E-state index < -0.39 is 25.0 Å². The van der Waals surface area contributed by atoms with E-state index in [2.05, 4.69) is 64.5 Å². The molecule has 0 aliphatic heterocycles. The van der Waals surface area contributed by atoms with Gasteiger partial charge in [-0.15, -0.1) is 13.2 Å². The number of hydrogen-bond acceptors (Lipinski definition) is 3. The minimum atomic E-state index is -2.91. The Morgan fingerprint density at radius 3 is 1.53 bits per heavy atom. The minimum absolute atomic E-state index is 0. The van der Waals surface area contributed by atoms with E-state index in [1.165, 1.54) is 10.8 Å². The van der Waals surface area contributed by atoms with Crippen LogP contribution >= 0.6 is 0 Å². The van der Waals surface area contributed by atoms with Crippen LogP contribution in [-0.2, 0) is 34.3 Å². The molecule has 1 unspecified atom stereocenters. The molecular formula is C25H50O3PtSi3. The largest absolute Gasteiger partial charge is 4.00 e. The van der Waals surface area contributed by atoms with Crippen LogP contribution in [0, 0.1) is 28.4 Å². The maximum absolute atomic E-state index is 6.28.